The van der Waals surface area contributed by atoms with Crippen LogP contribution in [0.25, 0.3) is 10.9 Å². The van der Waals surface area contributed by atoms with E-state index in [1.54, 1.807) is 6.20 Å². The summed E-state index contributed by atoms with van der Waals surface area (Å²) in [5.41, 5.74) is 2.14. The molecule has 2 N–H and O–H groups in total. The summed E-state index contributed by atoms with van der Waals surface area (Å²) in [6.45, 7) is 3.11. The smallest absolute Gasteiger partial charge is 0.0761 e. The maximum absolute atomic E-state index is 9.18. The lowest BCUT2D eigenvalue weighted by Gasteiger charge is -2.19. The summed E-state index contributed by atoms with van der Waals surface area (Å²) in [4.78, 5) is 4.48. The first-order valence-electron chi connectivity index (χ1n) is 6.15. The number of nitrogens with one attached hydrogen (secondary N) is 1. The molecule has 96 valence electrons. The normalized spacial score (nSPS) is 12.8. The second-order valence-corrected chi connectivity index (χ2v) is 5.01. The van der Waals surface area contributed by atoms with E-state index in [2.05, 4.69) is 45.3 Å². The number of aliphatic hydroxyl groups is 1. The number of hydrogen-bond donors (Lipinski definition) is 2. The molecule has 18 heavy (non-hydrogen) atoms. The van der Waals surface area contributed by atoms with Gasteiger partial charge in [-0.05, 0) is 30.7 Å². The lowest BCUT2D eigenvalue weighted by Crippen LogP contribution is -2.22. The molecule has 0 bridgehead atoms. The molecule has 0 amide bonds. The van der Waals surface area contributed by atoms with Gasteiger partial charge in [-0.2, -0.15) is 0 Å². The number of hydrogen-bond acceptors (Lipinski definition) is 3. The van der Waals surface area contributed by atoms with E-state index in [-0.39, 0.29) is 12.6 Å². The van der Waals surface area contributed by atoms with Crippen molar-refractivity contribution in [2.75, 3.05) is 13.2 Å². The Morgan fingerprint density at radius 3 is 2.94 bits per heavy atom. The van der Waals surface area contributed by atoms with Gasteiger partial charge in [-0.1, -0.05) is 35.0 Å². The maximum Gasteiger partial charge on any atom is 0.0761 e. The molecule has 0 aliphatic rings. The van der Waals surface area contributed by atoms with Crippen LogP contribution in [-0.2, 0) is 0 Å². The zero-order valence-electron chi connectivity index (χ0n) is 10.4. The molecule has 1 aromatic heterocycles. The SMILES string of the molecule is CCNC(CCO)c1ccc(Br)c2cccnc12. The molecule has 0 fully saturated rings. The highest BCUT2D eigenvalue weighted by atomic mass is 79.9. The summed E-state index contributed by atoms with van der Waals surface area (Å²) in [6, 6.07) is 8.25. The summed E-state index contributed by atoms with van der Waals surface area (Å²) in [6.07, 6.45) is 2.50. The molecule has 3 nitrogen and oxygen atoms in total. The van der Waals surface area contributed by atoms with Crippen LogP contribution in [0.2, 0.25) is 0 Å². The molecule has 4 heteroatoms. The fourth-order valence-electron chi connectivity index (χ4n) is 2.18. The van der Waals surface area contributed by atoms with Crippen LogP contribution in [0.4, 0.5) is 0 Å². The molecule has 0 spiro atoms. The van der Waals surface area contributed by atoms with E-state index >= 15 is 0 Å². The fourth-order valence-corrected chi connectivity index (χ4v) is 2.64. The second-order valence-electron chi connectivity index (χ2n) is 4.16. The van der Waals surface area contributed by atoms with Gasteiger partial charge in [0.2, 0.25) is 0 Å². The number of aliphatic hydroxyl groups excluding tert-OH is 1. The molecule has 2 aromatic rings. The van der Waals surface area contributed by atoms with Gasteiger partial charge in [0.05, 0.1) is 5.52 Å². The Morgan fingerprint density at radius 2 is 2.22 bits per heavy atom. The molecular weight excluding hydrogens is 292 g/mol. The first-order chi connectivity index (χ1) is 8.77. The van der Waals surface area contributed by atoms with Crippen LogP contribution in [0.5, 0.6) is 0 Å². The standard InChI is InChI=1S/C14H17BrN2O/c1-2-16-13(7-9-18)11-5-6-12(15)10-4-3-8-17-14(10)11/h3-6,8,13,16,18H,2,7,9H2,1H3. The zero-order valence-corrected chi connectivity index (χ0v) is 11.9. The zero-order chi connectivity index (χ0) is 13.0. The van der Waals surface area contributed by atoms with E-state index in [1.165, 1.54) is 0 Å². The Morgan fingerprint density at radius 1 is 1.39 bits per heavy atom. The minimum Gasteiger partial charge on any atom is -0.396 e. The van der Waals surface area contributed by atoms with Crippen molar-refractivity contribution in [3.05, 3.63) is 40.5 Å². The molecule has 0 saturated carbocycles. The highest BCUT2D eigenvalue weighted by Gasteiger charge is 2.14. The van der Waals surface area contributed by atoms with Crippen molar-refractivity contribution in [3.8, 4) is 0 Å². The summed E-state index contributed by atoms with van der Waals surface area (Å²) in [5.74, 6) is 0. The van der Waals surface area contributed by atoms with E-state index in [4.69, 9.17) is 0 Å². The van der Waals surface area contributed by atoms with E-state index < -0.39 is 0 Å². The summed E-state index contributed by atoms with van der Waals surface area (Å²) in [5, 5.41) is 13.7. The van der Waals surface area contributed by atoms with Crippen LogP contribution in [0.1, 0.15) is 24.9 Å². The van der Waals surface area contributed by atoms with Crippen molar-refractivity contribution in [1.82, 2.24) is 10.3 Å². The van der Waals surface area contributed by atoms with Crippen LogP contribution in [0.15, 0.2) is 34.9 Å². The Labute approximate surface area is 115 Å². The molecule has 1 heterocycles. The first kappa shape index (κ1) is 13.5. The number of fused-ring (bicyclic) bond motifs is 1. The average Bonchev–Trinajstić information content (AvgIpc) is 2.39. The second kappa shape index (κ2) is 6.27. The quantitative estimate of drug-likeness (QED) is 0.892. The van der Waals surface area contributed by atoms with Gasteiger partial charge in [0.15, 0.2) is 0 Å². The number of rotatable bonds is 5. The van der Waals surface area contributed by atoms with Crippen molar-refractivity contribution in [2.45, 2.75) is 19.4 Å². The summed E-state index contributed by atoms with van der Waals surface area (Å²) < 4.78 is 1.05. The monoisotopic (exact) mass is 308 g/mol. The molecular formula is C14H17BrN2O. The summed E-state index contributed by atoms with van der Waals surface area (Å²) in [7, 11) is 0. The largest absolute Gasteiger partial charge is 0.396 e. The van der Waals surface area contributed by atoms with Crippen LogP contribution in [-0.4, -0.2) is 23.2 Å². The third kappa shape index (κ3) is 2.71. The van der Waals surface area contributed by atoms with Crippen LogP contribution in [0, 0.1) is 0 Å². The lowest BCUT2D eigenvalue weighted by molar-refractivity contribution is 0.267. The topological polar surface area (TPSA) is 45.1 Å². The maximum atomic E-state index is 9.18. The predicted molar refractivity (Wildman–Crippen MR) is 77.6 cm³/mol. The van der Waals surface area contributed by atoms with E-state index in [9.17, 15) is 5.11 Å². The average molecular weight is 309 g/mol. The Bertz CT molecular complexity index is 524. The molecule has 0 aliphatic heterocycles. The Hall–Kier alpha value is -0.970. The third-order valence-corrected chi connectivity index (χ3v) is 3.68. The number of pyridine rings is 1. The molecule has 0 saturated heterocycles. The van der Waals surface area contributed by atoms with Crippen LogP contribution < -0.4 is 5.32 Å². The van der Waals surface area contributed by atoms with Crippen molar-refractivity contribution in [2.24, 2.45) is 0 Å². The van der Waals surface area contributed by atoms with E-state index in [0.29, 0.717) is 6.42 Å². The Kier molecular flexibility index (Phi) is 4.69. The molecule has 0 aliphatic carbocycles. The predicted octanol–water partition coefficient (Wildman–Crippen LogP) is 3.03. The van der Waals surface area contributed by atoms with Gasteiger partial charge in [-0.3, -0.25) is 4.98 Å². The molecule has 1 unspecified atom stereocenters. The highest BCUT2D eigenvalue weighted by Crippen LogP contribution is 2.29. The highest BCUT2D eigenvalue weighted by molar-refractivity contribution is 9.10. The van der Waals surface area contributed by atoms with Gasteiger partial charge < -0.3 is 10.4 Å². The van der Waals surface area contributed by atoms with Crippen molar-refractivity contribution < 1.29 is 5.11 Å². The van der Waals surface area contributed by atoms with Crippen molar-refractivity contribution in [1.29, 1.82) is 0 Å². The lowest BCUT2D eigenvalue weighted by atomic mass is 10.0. The molecule has 1 atom stereocenters. The minimum absolute atomic E-state index is 0.144. The van der Waals surface area contributed by atoms with Gasteiger partial charge in [-0.25, -0.2) is 0 Å². The Balaban J connectivity index is 2.52. The number of halogens is 1. The molecule has 2 rings (SSSR count). The van der Waals surface area contributed by atoms with E-state index in [0.717, 1.165) is 27.5 Å². The molecule has 1 aromatic carbocycles. The van der Waals surface area contributed by atoms with Crippen molar-refractivity contribution in [3.63, 3.8) is 0 Å². The van der Waals surface area contributed by atoms with Crippen LogP contribution >= 0.6 is 15.9 Å². The van der Waals surface area contributed by atoms with Crippen LogP contribution in [0.3, 0.4) is 0 Å². The third-order valence-electron chi connectivity index (χ3n) is 2.99. The summed E-state index contributed by atoms with van der Waals surface area (Å²) >= 11 is 3.55. The molecule has 0 radical (unpaired) electrons. The fraction of sp³-hybridized carbons (Fsp3) is 0.357. The number of aromatic nitrogens is 1. The minimum atomic E-state index is 0.144. The van der Waals surface area contributed by atoms with Crippen molar-refractivity contribution >= 4 is 26.8 Å². The van der Waals surface area contributed by atoms with Gasteiger partial charge in [0.25, 0.3) is 0 Å². The van der Waals surface area contributed by atoms with E-state index in [1.807, 2.05) is 12.1 Å². The van der Waals surface area contributed by atoms with Gasteiger partial charge in [-0.15, -0.1) is 0 Å². The van der Waals surface area contributed by atoms with Gasteiger partial charge in [0.1, 0.15) is 0 Å². The van der Waals surface area contributed by atoms with Gasteiger partial charge >= 0.3 is 0 Å². The van der Waals surface area contributed by atoms with Gasteiger partial charge in [0, 0.05) is 28.7 Å². The first-order valence-corrected chi connectivity index (χ1v) is 6.94. The number of nitrogens with zero attached hydrogens (tertiary/aromatic N) is 1. The number of benzene rings is 1.